The molecule has 0 aromatic heterocycles. The Balaban J connectivity index is 2.40. The number of anilines is 1. The predicted molar refractivity (Wildman–Crippen MR) is 127 cm³/mol. The van der Waals surface area contributed by atoms with Gasteiger partial charge in [0.25, 0.3) is 0 Å². The number of likely N-dealkylation sites (N-methyl/N-ethyl adjacent to an activating group) is 1. The fourth-order valence-corrected chi connectivity index (χ4v) is 4.44. The van der Waals surface area contributed by atoms with Crippen molar-refractivity contribution in [1.29, 1.82) is 0 Å². The fraction of sp³-hybridized carbons (Fsp3) is 0.333. The minimum Gasteiger partial charge on any atom is -0.357 e. The third-order valence-electron chi connectivity index (χ3n) is 4.78. The maximum absolute atomic E-state index is 13.3. The number of hydrogen-bond donors (Lipinski definition) is 1. The first-order chi connectivity index (χ1) is 14.4. The molecule has 1 unspecified atom stereocenters. The molecule has 0 aliphatic heterocycles. The van der Waals surface area contributed by atoms with E-state index >= 15 is 0 Å². The Kier molecular flexibility index (Phi) is 8.50. The van der Waals surface area contributed by atoms with Crippen molar-refractivity contribution in [2.45, 2.75) is 26.4 Å². The second kappa shape index (κ2) is 10.5. The van der Waals surface area contributed by atoms with Crippen LogP contribution in [0, 0.1) is 6.92 Å². The van der Waals surface area contributed by atoms with E-state index < -0.39 is 28.5 Å². The summed E-state index contributed by atoms with van der Waals surface area (Å²) in [5, 5.41) is 2.93. The van der Waals surface area contributed by atoms with Gasteiger partial charge >= 0.3 is 0 Å². The van der Waals surface area contributed by atoms with Crippen LogP contribution in [0.1, 0.15) is 18.1 Å². The van der Waals surface area contributed by atoms with E-state index in [1.165, 1.54) is 18.0 Å². The Labute approximate surface area is 196 Å². The van der Waals surface area contributed by atoms with Crippen molar-refractivity contribution in [3.05, 3.63) is 63.1 Å². The van der Waals surface area contributed by atoms with E-state index in [1.807, 2.05) is 24.3 Å². The highest BCUT2D eigenvalue weighted by molar-refractivity contribution is 9.10. The molecule has 0 radical (unpaired) electrons. The summed E-state index contributed by atoms with van der Waals surface area (Å²) in [6.07, 6.45) is 1.02. The summed E-state index contributed by atoms with van der Waals surface area (Å²) in [5.74, 6) is -0.870. The number of halogens is 2. The average molecular weight is 531 g/mol. The highest BCUT2D eigenvalue weighted by atomic mass is 79.9. The molecule has 0 heterocycles. The van der Waals surface area contributed by atoms with Crippen molar-refractivity contribution in [3.63, 3.8) is 0 Å². The van der Waals surface area contributed by atoms with Gasteiger partial charge in [-0.1, -0.05) is 45.7 Å². The van der Waals surface area contributed by atoms with Crippen molar-refractivity contribution in [2.24, 2.45) is 0 Å². The number of sulfonamides is 1. The maximum atomic E-state index is 13.3. The quantitative estimate of drug-likeness (QED) is 0.567. The zero-order valence-corrected chi connectivity index (χ0v) is 20.9. The van der Waals surface area contributed by atoms with Crippen molar-refractivity contribution in [1.82, 2.24) is 10.2 Å². The number of benzene rings is 2. The third-order valence-corrected chi connectivity index (χ3v) is 6.82. The molecule has 31 heavy (non-hydrogen) atoms. The second-order valence-electron chi connectivity index (χ2n) is 7.14. The van der Waals surface area contributed by atoms with E-state index in [-0.39, 0.29) is 18.1 Å². The minimum atomic E-state index is -3.79. The molecule has 168 valence electrons. The second-order valence-corrected chi connectivity index (χ2v) is 10.4. The molecule has 1 N–H and O–H groups in total. The molecule has 2 aromatic rings. The van der Waals surface area contributed by atoms with Gasteiger partial charge < -0.3 is 10.2 Å². The fourth-order valence-electron chi connectivity index (χ4n) is 2.97. The van der Waals surface area contributed by atoms with Crippen molar-refractivity contribution >= 4 is 55.1 Å². The van der Waals surface area contributed by atoms with E-state index in [4.69, 9.17) is 11.6 Å². The van der Waals surface area contributed by atoms with E-state index in [0.717, 1.165) is 26.2 Å². The van der Waals surface area contributed by atoms with Crippen LogP contribution in [0.25, 0.3) is 0 Å². The summed E-state index contributed by atoms with van der Waals surface area (Å²) >= 11 is 9.56. The van der Waals surface area contributed by atoms with Crippen LogP contribution in [0.5, 0.6) is 0 Å². The van der Waals surface area contributed by atoms with Gasteiger partial charge in [0.1, 0.15) is 12.6 Å². The van der Waals surface area contributed by atoms with E-state index in [9.17, 15) is 18.0 Å². The van der Waals surface area contributed by atoms with Crippen LogP contribution in [0.4, 0.5) is 5.69 Å². The molecule has 1 atom stereocenters. The first-order valence-corrected chi connectivity index (χ1v) is 12.5. The molecule has 0 bridgehead atoms. The Bertz CT molecular complexity index is 1080. The lowest BCUT2D eigenvalue weighted by Crippen LogP contribution is -2.50. The number of nitrogens with zero attached hydrogens (tertiary/aromatic N) is 2. The summed E-state index contributed by atoms with van der Waals surface area (Å²) < 4.78 is 26.8. The van der Waals surface area contributed by atoms with Crippen LogP contribution >= 0.6 is 27.5 Å². The minimum absolute atomic E-state index is 0.138. The smallest absolute Gasteiger partial charge is 0.244 e. The molecular weight excluding hydrogens is 506 g/mol. The highest BCUT2D eigenvalue weighted by Crippen LogP contribution is 2.25. The number of carbonyl (C=O) groups is 2. The number of carbonyl (C=O) groups excluding carboxylic acids is 2. The van der Waals surface area contributed by atoms with Crippen LogP contribution in [0.3, 0.4) is 0 Å². The number of hydrogen-bond acceptors (Lipinski definition) is 4. The lowest BCUT2D eigenvalue weighted by atomic mass is 10.1. The van der Waals surface area contributed by atoms with Gasteiger partial charge in [-0.2, -0.15) is 0 Å². The molecule has 0 spiro atoms. The molecule has 0 aliphatic rings. The molecule has 2 amide bonds. The SMILES string of the molecule is CNC(=O)C(C)N(Cc1cccc(Br)c1)C(=O)CN(c1ccc(C)c(Cl)c1)S(C)(=O)=O. The largest absolute Gasteiger partial charge is 0.357 e. The van der Waals surface area contributed by atoms with Crippen molar-refractivity contribution < 1.29 is 18.0 Å². The van der Waals surface area contributed by atoms with Gasteiger partial charge in [0.15, 0.2) is 0 Å². The first-order valence-electron chi connectivity index (χ1n) is 9.43. The predicted octanol–water partition coefficient (Wildman–Crippen LogP) is 3.34. The molecule has 2 rings (SSSR count). The Morgan fingerprint density at radius 1 is 1.19 bits per heavy atom. The highest BCUT2D eigenvalue weighted by Gasteiger charge is 2.29. The summed E-state index contributed by atoms with van der Waals surface area (Å²) in [6.45, 7) is 3.07. The Morgan fingerprint density at radius 3 is 2.42 bits per heavy atom. The molecule has 0 aliphatic carbocycles. The molecule has 0 fully saturated rings. The Hall–Kier alpha value is -2.10. The van der Waals surface area contributed by atoms with E-state index in [0.29, 0.717) is 5.02 Å². The van der Waals surface area contributed by atoms with Gasteiger partial charge in [-0.05, 0) is 49.2 Å². The van der Waals surface area contributed by atoms with Crippen LogP contribution in [0.2, 0.25) is 5.02 Å². The molecule has 0 saturated heterocycles. The standard InChI is InChI=1S/C21H25BrClN3O4S/c1-14-8-9-18(11-19(14)23)26(31(4,29)30)13-20(27)25(15(2)21(28)24-3)12-16-6-5-7-17(22)10-16/h5-11,15H,12-13H2,1-4H3,(H,24,28). The molecule has 7 nitrogen and oxygen atoms in total. The molecule has 10 heteroatoms. The van der Waals surface area contributed by atoms with Gasteiger partial charge in [0.05, 0.1) is 11.9 Å². The molecule has 2 aromatic carbocycles. The Morgan fingerprint density at radius 2 is 1.87 bits per heavy atom. The lowest BCUT2D eigenvalue weighted by Gasteiger charge is -2.31. The summed E-state index contributed by atoms with van der Waals surface area (Å²) in [7, 11) is -2.30. The van der Waals surface area contributed by atoms with Gasteiger partial charge in [0.2, 0.25) is 21.8 Å². The van der Waals surface area contributed by atoms with Crippen LogP contribution < -0.4 is 9.62 Å². The van der Waals surface area contributed by atoms with Gasteiger partial charge in [-0.25, -0.2) is 8.42 Å². The van der Waals surface area contributed by atoms with E-state index in [2.05, 4.69) is 21.2 Å². The number of nitrogens with one attached hydrogen (secondary N) is 1. The number of aryl methyl sites for hydroxylation is 1. The lowest BCUT2D eigenvalue weighted by molar-refractivity contribution is -0.139. The van der Waals surface area contributed by atoms with Gasteiger partial charge in [-0.3, -0.25) is 13.9 Å². The van der Waals surface area contributed by atoms with Crippen LogP contribution in [-0.2, 0) is 26.2 Å². The average Bonchev–Trinajstić information content (AvgIpc) is 2.70. The summed E-state index contributed by atoms with van der Waals surface area (Å²) in [6, 6.07) is 11.3. The normalized spacial score (nSPS) is 12.2. The van der Waals surface area contributed by atoms with Crippen LogP contribution in [-0.4, -0.2) is 51.0 Å². The summed E-state index contributed by atoms with van der Waals surface area (Å²) in [5.41, 5.74) is 1.86. The van der Waals surface area contributed by atoms with Crippen molar-refractivity contribution in [2.75, 3.05) is 24.2 Å². The van der Waals surface area contributed by atoms with E-state index in [1.54, 1.807) is 26.0 Å². The molecule has 0 saturated carbocycles. The van der Waals surface area contributed by atoms with Crippen LogP contribution in [0.15, 0.2) is 46.9 Å². The topological polar surface area (TPSA) is 86.8 Å². The first kappa shape index (κ1) is 25.2. The van der Waals surface area contributed by atoms with Gasteiger partial charge in [-0.15, -0.1) is 0 Å². The van der Waals surface area contributed by atoms with Crippen molar-refractivity contribution in [3.8, 4) is 0 Å². The monoisotopic (exact) mass is 529 g/mol. The molecular formula is C21H25BrClN3O4S. The van der Waals surface area contributed by atoms with Gasteiger partial charge in [0, 0.05) is 23.1 Å². The zero-order chi connectivity index (χ0) is 23.3. The number of amides is 2. The maximum Gasteiger partial charge on any atom is 0.244 e. The third kappa shape index (κ3) is 6.69. The zero-order valence-electron chi connectivity index (χ0n) is 17.7. The number of rotatable bonds is 8. The summed E-state index contributed by atoms with van der Waals surface area (Å²) in [4.78, 5) is 26.9.